The highest BCUT2D eigenvalue weighted by atomic mass is 16.5. The number of carbonyl (C=O) groups is 2. The van der Waals surface area contributed by atoms with E-state index in [9.17, 15) is 9.59 Å². The van der Waals surface area contributed by atoms with Crippen molar-refractivity contribution in [3.05, 3.63) is 29.8 Å². The summed E-state index contributed by atoms with van der Waals surface area (Å²) in [4.78, 5) is 22.9. The standard InChI is InChI=1S/C15H21NO4/c1-4-6-13(15(18)19)16-14(17)11(3)20-12-8-5-7-10(2)9-12/h5,7-9,11,13H,4,6H2,1-3H3,(H,16,17)(H,18,19)/t11?,13-/m0/s1. The van der Waals surface area contributed by atoms with E-state index < -0.39 is 24.0 Å². The lowest BCUT2D eigenvalue weighted by atomic mass is 10.1. The van der Waals surface area contributed by atoms with Crippen LogP contribution in [0.3, 0.4) is 0 Å². The van der Waals surface area contributed by atoms with Gasteiger partial charge in [-0.2, -0.15) is 0 Å². The van der Waals surface area contributed by atoms with E-state index in [0.29, 0.717) is 18.6 Å². The molecule has 0 aromatic heterocycles. The molecule has 1 unspecified atom stereocenters. The minimum atomic E-state index is -1.03. The number of carboxylic acid groups (broad SMARTS) is 1. The molecule has 2 N–H and O–H groups in total. The van der Waals surface area contributed by atoms with Gasteiger partial charge in [0, 0.05) is 0 Å². The molecule has 5 heteroatoms. The largest absolute Gasteiger partial charge is 0.481 e. The Hall–Kier alpha value is -2.04. The number of nitrogens with one attached hydrogen (secondary N) is 1. The molecule has 2 atom stereocenters. The lowest BCUT2D eigenvalue weighted by Crippen LogP contribution is -2.46. The van der Waals surface area contributed by atoms with Crippen molar-refractivity contribution >= 4 is 11.9 Å². The molecule has 0 heterocycles. The molecule has 1 rings (SSSR count). The van der Waals surface area contributed by atoms with Crippen LogP contribution in [-0.2, 0) is 9.59 Å². The number of hydrogen-bond donors (Lipinski definition) is 2. The van der Waals surface area contributed by atoms with Crippen LogP contribution in [0.2, 0.25) is 0 Å². The van der Waals surface area contributed by atoms with Gasteiger partial charge in [0.2, 0.25) is 0 Å². The minimum absolute atomic E-state index is 0.401. The maximum Gasteiger partial charge on any atom is 0.326 e. The van der Waals surface area contributed by atoms with Crippen LogP contribution in [0.4, 0.5) is 0 Å². The number of hydrogen-bond acceptors (Lipinski definition) is 3. The van der Waals surface area contributed by atoms with Gasteiger partial charge in [0.25, 0.3) is 5.91 Å². The summed E-state index contributed by atoms with van der Waals surface area (Å²) in [6.07, 6.45) is 0.346. The highest BCUT2D eigenvalue weighted by Gasteiger charge is 2.23. The van der Waals surface area contributed by atoms with Gasteiger partial charge in [0.05, 0.1) is 0 Å². The molecule has 0 fully saturated rings. The molecule has 0 spiro atoms. The van der Waals surface area contributed by atoms with E-state index in [4.69, 9.17) is 9.84 Å². The van der Waals surface area contributed by atoms with Gasteiger partial charge >= 0.3 is 5.97 Å². The van der Waals surface area contributed by atoms with Crippen LogP contribution in [0.25, 0.3) is 0 Å². The monoisotopic (exact) mass is 279 g/mol. The summed E-state index contributed by atoms with van der Waals surface area (Å²) in [6, 6.07) is 6.49. The summed E-state index contributed by atoms with van der Waals surface area (Å²) in [5.41, 5.74) is 1.03. The fourth-order valence-electron chi connectivity index (χ4n) is 1.78. The Morgan fingerprint density at radius 3 is 2.65 bits per heavy atom. The number of carboxylic acids is 1. The fraction of sp³-hybridized carbons (Fsp3) is 0.467. The first-order chi connectivity index (χ1) is 9.43. The van der Waals surface area contributed by atoms with Crippen molar-refractivity contribution in [2.24, 2.45) is 0 Å². The normalized spacial score (nSPS) is 13.3. The van der Waals surface area contributed by atoms with E-state index in [1.807, 2.05) is 32.0 Å². The summed E-state index contributed by atoms with van der Waals surface area (Å²) in [5, 5.41) is 11.5. The van der Waals surface area contributed by atoms with Gasteiger partial charge in [-0.3, -0.25) is 4.79 Å². The van der Waals surface area contributed by atoms with E-state index in [0.717, 1.165) is 5.56 Å². The van der Waals surface area contributed by atoms with E-state index >= 15 is 0 Å². The zero-order valence-electron chi connectivity index (χ0n) is 12.1. The Bertz CT molecular complexity index is 473. The summed E-state index contributed by atoms with van der Waals surface area (Å²) in [7, 11) is 0. The van der Waals surface area contributed by atoms with Crippen molar-refractivity contribution in [2.45, 2.75) is 45.8 Å². The quantitative estimate of drug-likeness (QED) is 0.801. The Balaban J connectivity index is 2.60. The Labute approximate surface area is 118 Å². The molecule has 0 aliphatic heterocycles. The van der Waals surface area contributed by atoms with Gasteiger partial charge in [-0.15, -0.1) is 0 Å². The van der Waals surface area contributed by atoms with Crippen molar-refractivity contribution < 1.29 is 19.4 Å². The van der Waals surface area contributed by atoms with Crippen LogP contribution in [0.1, 0.15) is 32.3 Å². The van der Waals surface area contributed by atoms with Crippen molar-refractivity contribution in [1.82, 2.24) is 5.32 Å². The molecule has 1 aromatic carbocycles. The summed E-state index contributed by atoms with van der Waals surface area (Å²) in [5.74, 6) is -0.856. The fourth-order valence-corrected chi connectivity index (χ4v) is 1.78. The highest BCUT2D eigenvalue weighted by molar-refractivity contribution is 5.86. The topological polar surface area (TPSA) is 75.6 Å². The van der Waals surface area contributed by atoms with Gasteiger partial charge in [-0.25, -0.2) is 4.79 Å². The number of rotatable bonds is 7. The van der Waals surface area contributed by atoms with Crippen molar-refractivity contribution in [1.29, 1.82) is 0 Å². The second-order valence-electron chi connectivity index (χ2n) is 4.76. The maximum absolute atomic E-state index is 11.9. The molecule has 110 valence electrons. The number of carbonyl (C=O) groups excluding carboxylic acids is 1. The number of ether oxygens (including phenoxy) is 1. The van der Waals surface area contributed by atoms with Gasteiger partial charge < -0.3 is 15.2 Å². The van der Waals surface area contributed by atoms with Gasteiger partial charge in [0.1, 0.15) is 11.8 Å². The summed E-state index contributed by atoms with van der Waals surface area (Å²) in [6.45, 7) is 5.40. The van der Waals surface area contributed by atoms with E-state index in [1.54, 1.807) is 13.0 Å². The highest BCUT2D eigenvalue weighted by Crippen LogP contribution is 2.14. The second kappa shape index (κ2) is 7.53. The molecule has 5 nitrogen and oxygen atoms in total. The van der Waals surface area contributed by atoms with E-state index in [1.165, 1.54) is 0 Å². The van der Waals surface area contributed by atoms with Crippen LogP contribution in [0, 0.1) is 6.92 Å². The number of aryl methyl sites for hydroxylation is 1. The van der Waals surface area contributed by atoms with Gasteiger partial charge in [0.15, 0.2) is 6.10 Å². The minimum Gasteiger partial charge on any atom is -0.481 e. The molecular weight excluding hydrogens is 258 g/mol. The number of benzene rings is 1. The molecule has 1 aromatic rings. The van der Waals surface area contributed by atoms with Crippen LogP contribution >= 0.6 is 0 Å². The zero-order chi connectivity index (χ0) is 15.1. The lowest BCUT2D eigenvalue weighted by Gasteiger charge is -2.18. The third-order valence-electron chi connectivity index (χ3n) is 2.86. The maximum atomic E-state index is 11.9. The van der Waals surface area contributed by atoms with E-state index in [-0.39, 0.29) is 0 Å². The number of aliphatic carboxylic acids is 1. The Morgan fingerprint density at radius 1 is 1.40 bits per heavy atom. The first-order valence-corrected chi connectivity index (χ1v) is 6.70. The Morgan fingerprint density at radius 2 is 2.10 bits per heavy atom. The Kier molecular flexibility index (Phi) is 6.03. The first kappa shape index (κ1) is 16.0. The van der Waals surface area contributed by atoms with Crippen LogP contribution in [0.15, 0.2) is 24.3 Å². The predicted octanol–water partition coefficient (Wildman–Crippen LogP) is 2.13. The summed E-state index contributed by atoms with van der Waals surface area (Å²) < 4.78 is 5.51. The summed E-state index contributed by atoms with van der Waals surface area (Å²) >= 11 is 0. The predicted molar refractivity (Wildman–Crippen MR) is 75.7 cm³/mol. The average molecular weight is 279 g/mol. The average Bonchev–Trinajstić information content (AvgIpc) is 2.37. The van der Waals surface area contributed by atoms with Crippen molar-refractivity contribution in [2.75, 3.05) is 0 Å². The lowest BCUT2D eigenvalue weighted by molar-refractivity contribution is -0.143. The van der Waals surface area contributed by atoms with E-state index in [2.05, 4.69) is 5.32 Å². The van der Waals surface area contributed by atoms with Crippen LogP contribution < -0.4 is 10.1 Å². The SMILES string of the molecule is CCC[C@H](NC(=O)C(C)Oc1cccc(C)c1)C(=O)O. The molecule has 0 radical (unpaired) electrons. The second-order valence-corrected chi connectivity index (χ2v) is 4.76. The third kappa shape index (κ3) is 4.91. The van der Waals surface area contributed by atoms with Crippen molar-refractivity contribution in [3.63, 3.8) is 0 Å². The number of amides is 1. The first-order valence-electron chi connectivity index (χ1n) is 6.70. The van der Waals surface area contributed by atoms with Gasteiger partial charge in [-0.1, -0.05) is 25.5 Å². The van der Waals surface area contributed by atoms with Gasteiger partial charge in [-0.05, 0) is 38.0 Å². The molecule has 0 saturated heterocycles. The molecule has 0 aliphatic carbocycles. The van der Waals surface area contributed by atoms with Crippen molar-refractivity contribution in [3.8, 4) is 5.75 Å². The molecule has 1 amide bonds. The van der Waals surface area contributed by atoms with Crippen LogP contribution in [-0.4, -0.2) is 29.1 Å². The smallest absolute Gasteiger partial charge is 0.326 e. The third-order valence-corrected chi connectivity index (χ3v) is 2.86. The molecular formula is C15H21NO4. The molecule has 0 bridgehead atoms. The van der Waals surface area contributed by atoms with Crippen LogP contribution in [0.5, 0.6) is 5.75 Å². The molecule has 20 heavy (non-hydrogen) atoms. The zero-order valence-corrected chi connectivity index (χ0v) is 12.1. The molecule has 0 saturated carbocycles. The molecule has 0 aliphatic rings.